The molecule has 0 saturated heterocycles. The summed E-state index contributed by atoms with van der Waals surface area (Å²) in [4.78, 5) is 23.7. The Balaban J connectivity index is 2.12. The highest BCUT2D eigenvalue weighted by Crippen LogP contribution is 2.20. The largest absolute Gasteiger partial charge is 0.349 e. The number of hydrogen-bond donors (Lipinski definition) is 2. The van der Waals surface area contributed by atoms with E-state index in [1.165, 1.54) is 19.1 Å². The van der Waals surface area contributed by atoms with Crippen LogP contribution in [0.15, 0.2) is 42.5 Å². The summed E-state index contributed by atoms with van der Waals surface area (Å²) in [6.45, 7) is 5.14. The molecule has 0 aliphatic carbocycles. The highest BCUT2D eigenvalue weighted by atomic mass is 19.1. The van der Waals surface area contributed by atoms with Crippen LogP contribution in [-0.2, 0) is 9.59 Å². The Morgan fingerprint density at radius 2 is 1.67 bits per heavy atom. The Labute approximate surface area is 141 Å². The van der Waals surface area contributed by atoms with Gasteiger partial charge in [0.15, 0.2) is 0 Å². The molecule has 0 saturated carbocycles. The predicted molar refractivity (Wildman–Crippen MR) is 92.1 cm³/mol. The molecule has 24 heavy (non-hydrogen) atoms. The third kappa shape index (κ3) is 4.91. The lowest BCUT2D eigenvalue weighted by molar-refractivity contribution is -0.120. The predicted octanol–water partition coefficient (Wildman–Crippen LogP) is 3.65. The van der Waals surface area contributed by atoms with E-state index in [-0.39, 0.29) is 23.9 Å². The average Bonchev–Trinajstić information content (AvgIpc) is 2.50. The Hall–Kier alpha value is -2.69. The topological polar surface area (TPSA) is 58.2 Å². The van der Waals surface area contributed by atoms with Gasteiger partial charge in [-0.25, -0.2) is 4.39 Å². The molecule has 2 rings (SSSR count). The van der Waals surface area contributed by atoms with Gasteiger partial charge in [0.25, 0.3) is 0 Å². The number of carbonyl (C=O) groups is 2. The van der Waals surface area contributed by atoms with E-state index < -0.39 is 11.9 Å². The number of halogens is 1. The van der Waals surface area contributed by atoms with Crippen molar-refractivity contribution in [2.45, 2.75) is 33.2 Å². The fourth-order valence-electron chi connectivity index (χ4n) is 2.40. The maximum atomic E-state index is 13.8. The maximum absolute atomic E-state index is 13.8. The van der Waals surface area contributed by atoms with Crippen molar-refractivity contribution in [3.63, 3.8) is 0 Å². The summed E-state index contributed by atoms with van der Waals surface area (Å²) in [5.74, 6) is -1.07. The Bertz CT molecular complexity index is 742. The van der Waals surface area contributed by atoms with Gasteiger partial charge in [0, 0.05) is 6.92 Å². The fraction of sp³-hybridized carbons (Fsp3) is 0.263. The van der Waals surface area contributed by atoms with Crippen LogP contribution in [0, 0.1) is 19.7 Å². The van der Waals surface area contributed by atoms with Gasteiger partial charge in [-0.2, -0.15) is 0 Å². The van der Waals surface area contributed by atoms with Crippen LogP contribution in [0.1, 0.15) is 36.1 Å². The molecule has 2 amide bonds. The summed E-state index contributed by atoms with van der Waals surface area (Å²) in [6, 6.07) is 11.7. The molecule has 4 nitrogen and oxygen atoms in total. The first kappa shape index (κ1) is 17.7. The van der Waals surface area contributed by atoms with Crippen molar-refractivity contribution < 1.29 is 14.0 Å². The van der Waals surface area contributed by atoms with Gasteiger partial charge in [-0.3, -0.25) is 9.59 Å². The van der Waals surface area contributed by atoms with Gasteiger partial charge in [0.05, 0.1) is 18.2 Å². The number of aryl methyl sites for hydroxylation is 2. The summed E-state index contributed by atoms with van der Waals surface area (Å²) in [5.41, 5.74) is 2.83. The van der Waals surface area contributed by atoms with Gasteiger partial charge in [0.2, 0.25) is 11.8 Å². The number of rotatable bonds is 5. The zero-order valence-corrected chi connectivity index (χ0v) is 14.0. The van der Waals surface area contributed by atoms with E-state index in [0.717, 1.165) is 16.7 Å². The summed E-state index contributed by atoms with van der Waals surface area (Å²) in [5, 5.41) is 5.32. The third-order valence-electron chi connectivity index (χ3n) is 3.65. The second kappa shape index (κ2) is 7.73. The van der Waals surface area contributed by atoms with Crippen LogP contribution in [0.4, 0.5) is 10.1 Å². The molecule has 126 valence electrons. The standard InChI is InChI=1S/C19H21FN2O2/c1-12-4-7-15(8-5-12)18(21-14(3)23)11-19(24)22-17-9-6-13(2)10-16(17)20/h4-10,18H,11H2,1-3H3,(H,21,23)(H,22,24). The highest BCUT2D eigenvalue weighted by Gasteiger charge is 2.18. The van der Waals surface area contributed by atoms with Crippen molar-refractivity contribution in [3.8, 4) is 0 Å². The van der Waals surface area contributed by atoms with Crippen LogP contribution in [0.3, 0.4) is 0 Å². The Morgan fingerprint density at radius 1 is 1.04 bits per heavy atom. The monoisotopic (exact) mass is 328 g/mol. The third-order valence-corrected chi connectivity index (χ3v) is 3.65. The molecule has 2 aromatic rings. The van der Waals surface area contributed by atoms with Gasteiger partial charge in [-0.15, -0.1) is 0 Å². The quantitative estimate of drug-likeness (QED) is 0.880. The lowest BCUT2D eigenvalue weighted by Gasteiger charge is -2.18. The van der Waals surface area contributed by atoms with Crippen LogP contribution in [0.5, 0.6) is 0 Å². The van der Waals surface area contributed by atoms with E-state index in [9.17, 15) is 14.0 Å². The van der Waals surface area contributed by atoms with Gasteiger partial charge >= 0.3 is 0 Å². The average molecular weight is 328 g/mol. The Kier molecular flexibility index (Phi) is 5.68. The number of nitrogens with one attached hydrogen (secondary N) is 2. The van der Waals surface area contributed by atoms with Crippen LogP contribution in [-0.4, -0.2) is 11.8 Å². The molecule has 0 aliphatic rings. The molecule has 1 atom stereocenters. The summed E-state index contributed by atoms with van der Waals surface area (Å²) in [6.07, 6.45) is 0.0238. The van der Waals surface area contributed by atoms with Gasteiger partial charge < -0.3 is 10.6 Å². The van der Waals surface area contributed by atoms with E-state index in [0.29, 0.717) is 0 Å². The minimum Gasteiger partial charge on any atom is -0.349 e. The second-order valence-corrected chi connectivity index (χ2v) is 5.90. The molecule has 0 spiro atoms. The molecule has 2 N–H and O–H groups in total. The fourth-order valence-corrected chi connectivity index (χ4v) is 2.40. The molecule has 0 radical (unpaired) electrons. The Morgan fingerprint density at radius 3 is 2.25 bits per heavy atom. The van der Waals surface area contributed by atoms with Crippen molar-refractivity contribution in [2.75, 3.05) is 5.32 Å². The van der Waals surface area contributed by atoms with Crippen molar-refractivity contribution >= 4 is 17.5 Å². The molecular weight excluding hydrogens is 307 g/mol. The van der Waals surface area contributed by atoms with E-state index in [1.807, 2.05) is 31.2 Å². The van der Waals surface area contributed by atoms with Crippen molar-refractivity contribution in [1.82, 2.24) is 5.32 Å². The van der Waals surface area contributed by atoms with Crippen LogP contribution in [0.2, 0.25) is 0 Å². The first-order chi connectivity index (χ1) is 11.3. The summed E-state index contributed by atoms with van der Waals surface area (Å²) < 4.78 is 13.8. The number of benzene rings is 2. The lowest BCUT2D eigenvalue weighted by atomic mass is 10.0. The lowest BCUT2D eigenvalue weighted by Crippen LogP contribution is -2.29. The van der Waals surface area contributed by atoms with Crippen LogP contribution in [0.25, 0.3) is 0 Å². The first-order valence-electron chi connectivity index (χ1n) is 7.75. The molecule has 2 aromatic carbocycles. The number of carbonyl (C=O) groups excluding carboxylic acids is 2. The van der Waals surface area contributed by atoms with Crippen molar-refractivity contribution in [1.29, 1.82) is 0 Å². The SMILES string of the molecule is CC(=O)NC(CC(=O)Nc1ccc(C)cc1F)c1ccc(C)cc1. The van der Waals surface area contributed by atoms with Crippen LogP contribution < -0.4 is 10.6 Å². The number of hydrogen-bond acceptors (Lipinski definition) is 2. The molecule has 5 heteroatoms. The van der Waals surface area contributed by atoms with Crippen LogP contribution >= 0.6 is 0 Å². The summed E-state index contributed by atoms with van der Waals surface area (Å²) >= 11 is 0. The zero-order chi connectivity index (χ0) is 17.7. The van der Waals surface area contributed by atoms with Gasteiger partial charge in [-0.1, -0.05) is 35.9 Å². The molecule has 0 bridgehead atoms. The first-order valence-corrected chi connectivity index (χ1v) is 7.75. The second-order valence-electron chi connectivity index (χ2n) is 5.90. The molecule has 0 fully saturated rings. The van der Waals surface area contributed by atoms with Crippen molar-refractivity contribution in [3.05, 3.63) is 65.0 Å². The van der Waals surface area contributed by atoms with E-state index in [4.69, 9.17) is 0 Å². The number of anilines is 1. The van der Waals surface area contributed by atoms with E-state index in [1.54, 1.807) is 13.0 Å². The maximum Gasteiger partial charge on any atom is 0.226 e. The molecule has 0 aromatic heterocycles. The van der Waals surface area contributed by atoms with Gasteiger partial charge in [0.1, 0.15) is 5.82 Å². The molecule has 0 aliphatic heterocycles. The normalized spacial score (nSPS) is 11.7. The molecular formula is C19H21FN2O2. The number of amides is 2. The van der Waals surface area contributed by atoms with E-state index in [2.05, 4.69) is 10.6 Å². The summed E-state index contributed by atoms with van der Waals surface area (Å²) in [7, 11) is 0. The smallest absolute Gasteiger partial charge is 0.226 e. The highest BCUT2D eigenvalue weighted by molar-refractivity contribution is 5.91. The minimum absolute atomic E-state index is 0.0238. The zero-order valence-electron chi connectivity index (χ0n) is 14.0. The molecule has 1 unspecified atom stereocenters. The minimum atomic E-state index is -0.477. The van der Waals surface area contributed by atoms with Crippen molar-refractivity contribution in [2.24, 2.45) is 0 Å². The van der Waals surface area contributed by atoms with Gasteiger partial charge in [-0.05, 0) is 37.1 Å². The van der Waals surface area contributed by atoms with E-state index >= 15 is 0 Å². The molecule has 0 heterocycles.